The average molecular weight is 223 g/mol. The third kappa shape index (κ3) is 1.72. The summed E-state index contributed by atoms with van der Waals surface area (Å²) in [6.45, 7) is 4.78. The van der Waals surface area contributed by atoms with Crippen molar-refractivity contribution in [2.24, 2.45) is 0 Å². The van der Waals surface area contributed by atoms with Gasteiger partial charge >= 0.3 is 0 Å². The summed E-state index contributed by atoms with van der Waals surface area (Å²) >= 11 is 6.18. The van der Waals surface area contributed by atoms with Gasteiger partial charge in [-0.3, -0.25) is 4.68 Å². The molecule has 0 saturated carbocycles. The van der Waals surface area contributed by atoms with Crippen molar-refractivity contribution < 1.29 is 0 Å². The largest absolute Gasteiger partial charge is 0.268 e. The van der Waals surface area contributed by atoms with Crippen LogP contribution in [0, 0.1) is 6.92 Å². The Balaban J connectivity index is 2.55. The lowest BCUT2D eigenvalue weighted by atomic mass is 10.3. The normalized spacial score (nSPS) is 10.6. The highest BCUT2D eigenvalue weighted by Gasteiger charge is 2.14. The molecule has 0 aromatic carbocycles. The minimum Gasteiger partial charge on any atom is -0.268 e. The summed E-state index contributed by atoms with van der Waals surface area (Å²) in [4.78, 5) is 7.99. The van der Waals surface area contributed by atoms with Crippen LogP contribution in [0.15, 0.2) is 18.6 Å². The summed E-state index contributed by atoms with van der Waals surface area (Å²) in [5.41, 5.74) is 2.44. The number of hydrogen-bond acceptors (Lipinski definition) is 3. The van der Waals surface area contributed by atoms with Crippen molar-refractivity contribution in [1.29, 1.82) is 0 Å². The maximum Gasteiger partial charge on any atom is 0.130 e. The highest BCUT2D eigenvalue weighted by molar-refractivity contribution is 6.33. The van der Waals surface area contributed by atoms with Crippen LogP contribution in [0.1, 0.15) is 12.6 Å². The number of nitrogens with zero attached hydrogens (tertiary/aromatic N) is 4. The summed E-state index contributed by atoms with van der Waals surface area (Å²) in [6, 6.07) is 1.80. The standard InChI is InChI=1S/C10H11ClN4/c1-3-15-7(2)9(11)10(14-15)8-4-5-12-6-13-8/h4-6H,3H2,1-2H3. The number of rotatable bonds is 2. The van der Waals surface area contributed by atoms with Gasteiger partial charge in [0, 0.05) is 12.7 Å². The Labute approximate surface area is 92.9 Å². The fraction of sp³-hybridized carbons (Fsp3) is 0.300. The van der Waals surface area contributed by atoms with Crippen LogP contribution in [0.25, 0.3) is 11.4 Å². The minimum absolute atomic E-state index is 0.663. The number of hydrogen-bond donors (Lipinski definition) is 0. The SMILES string of the molecule is CCn1nc(-c2ccncn2)c(Cl)c1C. The third-order valence-electron chi connectivity index (χ3n) is 2.26. The molecule has 0 aliphatic carbocycles. The predicted octanol–water partition coefficient (Wildman–Crippen LogP) is 2.32. The lowest BCUT2D eigenvalue weighted by Crippen LogP contribution is -1.98. The van der Waals surface area contributed by atoms with Gasteiger partial charge in [0.1, 0.15) is 12.0 Å². The Morgan fingerprint density at radius 2 is 2.27 bits per heavy atom. The van der Waals surface area contributed by atoms with E-state index in [2.05, 4.69) is 15.1 Å². The van der Waals surface area contributed by atoms with Crippen LogP contribution in [0.2, 0.25) is 5.02 Å². The maximum atomic E-state index is 6.18. The summed E-state index contributed by atoms with van der Waals surface area (Å²) < 4.78 is 1.86. The second-order valence-electron chi connectivity index (χ2n) is 3.16. The maximum absolute atomic E-state index is 6.18. The van der Waals surface area contributed by atoms with E-state index in [4.69, 9.17) is 11.6 Å². The fourth-order valence-electron chi connectivity index (χ4n) is 1.43. The molecular formula is C10H11ClN4. The summed E-state index contributed by atoms with van der Waals surface area (Å²) in [7, 11) is 0. The molecule has 4 nitrogen and oxygen atoms in total. The molecule has 0 atom stereocenters. The van der Waals surface area contributed by atoms with Crippen LogP contribution < -0.4 is 0 Å². The predicted molar refractivity (Wildman–Crippen MR) is 58.7 cm³/mol. The molecule has 2 heterocycles. The Kier molecular flexibility index (Phi) is 2.68. The molecule has 78 valence electrons. The Bertz CT molecular complexity index is 464. The summed E-state index contributed by atoms with van der Waals surface area (Å²) in [6.07, 6.45) is 3.17. The molecular weight excluding hydrogens is 212 g/mol. The third-order valence-corrected chi connectivity index (χ3v) is 2.71. The lowest BCUT2D eigenvalue weighted by Gasteiger charge is -1.96. The molecule has 2 aromatic rings. The monoisotopic (exact) mass is 222 g/mol. The Morgan fingerprint density at radius 1 is 1.47 bits per heavy atom. The Hall–Kier alpha value is -1.42. The highest BCUT2D eigenvalue weighted by Crippen LogP contribution is 2.27. The molecule has 15 heavy (non-hydrogen) atoms. The van der Waals surface area contributed by atoms with E-state index in [1.807, 2.05) is 18.5 Å². The number of halogens is 1. The van der Waals surface area contributed by atoms with Gasteiger partial charge in [0.15, 0.2) is 0 Å². The van der Waals surface area contributed by atoms with E-state index in [-0.39, 0.29) is 0 Å². The zero-order valence-corrected chi connectivity index (χ0v) is 9.36. The fourth-order valence-corrected chi connectivity index (χ4v) is 1.66. The lowest BCUT2D eigenvalue weighted by molar-refractivity contribution is 0.641. The van der Waals surface area contributed by atoms with Gasteiger partial charge in [-0.15, -0.1) is 0 Å². The molecule has 2 aromatic heterocycles. The molecule has 0 aliphatic heterocycles. The topological polar surface area (TPSA) is 43.6 Å². The molecule has 2 rings (SSSR count). The van der Waals surface area contributed by atoms with Crippen molar-refractivity contribution in [3.8, 4) is 11.4 Å². The Morgan fingerprint density at radius 3 is 2.80 bits per heavy atom. The molecule has 0 aliphatic rings. The van der Waals surface area contributed by atoms with Crippen LogP contribution in [0.4, 0.5) is 0 Å². The van der Waals surface area contributed by atoms with E-state index in [1.54, 1.807) is 12.3 Å². The molecule has 0 saturated heterocycles. The van der Waals surface area contributed by atoms with E-state index in [0.29, 0.717) is 5.02 Å². The second kappa shape index (κ2) is 3.98. The van der Waals surface area contributed by atoms with Gasteiger partial charge in [0.05, 0.1) is 16.4 Å². The van der Waals surface area contributed by atoms with Crippen molar-refractivity contribution >= 4 is 11.6 Å². The first-order valence-corrected chi connectivity index (χ1v) is 5.11. The van der Waals surface area contributed by atoms with Gasteiger partial charge in [-0.1, -0.05) is 11.6 Å². The van der Waals surface area contributed by atoms with Crippen molar-refractivity contribution in [2.75, 3.05) is 0 Å². The number of aromatic nitrogens is 4. The molecule has 0 amide bonds. The molecule has 0 bridgehead atoms. The second-order valence-corrected chi connectivity index (χ2v) is 3.54. The van der Waals surface area contributed by atoms with E-state index >= 15 is 0 Å². The quantitative estimate of drug-likeness (QED) is 0.783. The molecule has 0 radical (unpaired) electrons. The van der Waals surface area contributed by atoms with Gasteiger partial charge in [-0.25, -0.2) is 9.97 Å². The van der Waals surface area contributed by atoms with E-state index in [0.717, 1.165) is 23.6 Å². The van der Waals surface area contributed by atoms with Crippen LogP contribution in [-0.4, -0.2) is 19.7 Å². The average Bonchev–Trinajstić information content (AvgIpc) is 2.57. The molecule has 0 N–H and O–H groups in total. The molecule has 0 spiro atoms. The van der Waals surface area contributed by atoms with Gasteiger partial charge in [-0.2, -0.15) is 5.10 Å². The molecule has 5 heteroatoms. The van der Waals surface area contributed by atoms with E-state index in [1.165, 1.54) is 6.33 Å². The minimum atomic E-state index is 0.663. The number of aryl methyl sites for hydroxylation is 1. The van der Waals surface area contributed by atoms with Crippen molar-refractivity contribution in [3.63, 3.8) is 0 Å². The first-order valence-electron chi connectivity index (χ1n) is 4.73. The van der Waals surface area contributed by atoms with Gasteiger partial charge in [-0.05, 0) is 19.9 Å². The smallest absolute Gasteiger partial charge is 0.130 e. The molecule has 0 unspecified atom stereocenters. The van der Waals surface area contributed by atoms with Gasteiger partial charge < -0.3 is 0 Å². The van der Waals surface area contributed by atoms with E-state index in [9.17, 15) is 0 Å². The van der Waals surface area contributed by atoms with Gasteiger partial charge in [0.25, 0.3) is 0 Å². The van der Waals surface area contributed by atoms with Crippen LogP contribution in [-0.2, 0) is 6.54 Å². The van der Waals surface area contributed by atoms with Crippen molar-refractivity contribution in [1.82, 2.24) is 19.7 Å². The van der Waals surface area contributed by atoms with Crippen LogP contribution in [0.5, 0.6) is 0 Å². The van der Waals surface area contributed by atoms with Crippen LogP contribution in [0.3, 0.4) is 0 Å². The first-order chi connectivity index (χ1) is 7.24. The van der Waals surface area contributed by atoms with Crippen LogP contribution >= 0.6 is 11.6 Å². The summed E-state index contributed by atoms with van der Waals surface area (Å²) in [5, 5.41) is 5.06. The van der Waals surface area contributed by atoms with Crippen molar-refractivity contribution in [3.05, 3.63) is 29.3 Å². The highest BCUT2D eigenvalue weighted by atomic mass is 35.5. The zero-order valence-electron chi connectivity index (χ0n) is 8.61. The molecule has 0 fully saturated rings. The van der Waals surface area contributed by atoms with E-state index < -0.39 is 0 Å². The zero-order chi connectivity index (χ0) is 10.8. The summed E-state index contributed by atoms with van der Waals surface area (Å²) in [5.74, 6) is 0. The van der Waals surface area contributed by atoms with Gasteiger partial charge in [0.2, 0.25) is 0 Å². The van der Waals surface area contributed by atoms with Crippen molar-refractivity contribution in [2.45, 2.75) is 20.4 Å². The first kappa shape index (κ1) is 10.1.